The lowest BCUT2D eigenvalue weighted by atomic mass is 9.91. The number of ketones is 1. The molecule has 112 valence electrons. The molecule has 0 aliphatic heterocycles. The van der Waals surface area contributed by atoms with E-state index in [2.05, 4.69) is 4.90 Å². The molecular formula is C16H25NO3. The molecule has 0 aromatic heterocycles. The zero-order chi connectivity index (χ0) is 15.0. The number of nitrogens with zero attached hydrogens (tertiary/aromatic N) is 1. The molecule has 0 unspecified atom stereocenters. The van der Waals surface area contributed by atoms with Gasteiger partial charge in [0.05, 0.1) is 18.8 Å². The van der Waals surface area contributed by atoms with Gasteiger partial charge in [0.1, 0.15) is 0 Å². The summed E-state index contributed by atoms with van der Waals surface area (Å²) in [6, 6.07) is 9.40. The van der Waals surface area contributed by atoms with E-state index < -0.39 is 5.54 Å². The molecule has 0 saturated carbocycles. The predicted molar refractivity (Wildman–Crippen MR) is 80.2 cm³/mol. The van der Waals surface area contributed by atoms with Crippen LogP contribution in [0.4, 0.5) is 0 Å². The van der Waals surface area contributed by atoms with Crippen molar-refractivity contribution in [3.63, 3.8) is 0 Å². The van der Waals surface area contributed by atoms with Crippen molar-refractivity contribution in [1.82, 2.24) is 4.90 Å². The predicted octanol–water partition coefficient (Wildman–Crippen LogP) is 2.24. The molecule has 0 aliphatic rings. The SMILES string of the molecule is COCCN(CCOC)C(C)(C)C(=O)c1ccccc1. The second-order valence-electron chi connectivity index (χ2n) is 5.23. The molecule has 0 spiro atoms. The van der Waals surface area contributed by atoms with Crippen molar-refractivity contribution in [2.24, 2.45) is 0 Å². The van der Waals surface area contributed by atoms with Crippen LogP contribution >= 0.6 is 0 Å². The normalized spacial score (nSPS) is 11.8. The Kier molecular flexibility index (Phi) is 6.85. The quantitative estimate of drug-likeness (QED) is 0.650. The molecule has 0 heterocycles. The van der Waals surface area contributed by atoms with Crippen LogP contribution in [0.1, 0.15) is 24.2 Å². The number of hydrogen-bond donors (Lipinski definition) is 0. The first-order valence-corrected chi connectivity index (χ1v) is 6.86. The second-order valence-corrected chi connectivity index (χ2v) is 5.23. The van der Waals surface area contributed by atoms with Crippen molar-refractivity contribution in [2.75, 3.05) is 40.5 Å². The Balaban J connectivity index is 2.87. The van der Waals surface area contributed by atoms with Gasteiger partial charge < -0.3 is 9.47 Å². The summed E-state index contributed by atoms with van der Waals surface area (Å²) in [5.41, 5.74) is 0.149. The van der Waals surface area contributed by atoms with Gasteiger partial charge in [-0.2, -0.15) is 0 Å². The molecule has 0 amide bonds. The average molecular weight is 279 g/mol. The molecule has 0 saturated heterocycles. The minimum atomic E-state index is -0.585. The van der Waals surface area contributed by atoms with Gasteiger partial charge in [-0.05, 0) is 13.8 Å². The fraction of sp³-hybridized carbons (Fsp3) is 0.562. The number of carbonyl (C=O) groups is 1. The van der Waals surface area contributed by atoms with Crippen LogP contribution in [0.25, 0.3) is 0 Å². The van der Waals surface area contributed by atoms with E-state index in [4.69, 9.17) is 9.47 Å². The minimum absolute atomic E-state index is 0.116. The summed E-state index contributed by atoms with van der Waals surface area (Å²) < 4.78 is 10.3. The molecule has 4 heteroatoms. The van der Waals surface area contributed by atoms with E-state index in [1.54, 1.807) is 14.2 Å². The van der Waals surface area contributed by atoms with Gasteiger partial charge in [0.25, 0.3) is 0 Å². The van der Waals surface area contributed by atoms with Crippen molar-refractivity contribution >= 4 is 5.78 Å². The van der Waals surface area contributed by atoms with Crippen LogP contribution in [-0.4, -0.2) is 56.7 Å². The van der Waals surface area contributed by atoms with Crippen molar-refractivity contribution in [2.45, 2.75) is 19.4 Å². The zero-order valence-corrected chi connectivity index (χ0v) is 12.9. The van der Waals surface area contributed by atoms with Gasteiger partial charge in [0, 0.05) is 32.9 Å². The van der Waals surface area contributed by atoms with Crippen molar-refractivity contribution in [3.05, 3.63) is 35.9 Å². The van der Waals surface area contributed by atoms with E-state index in [0.717, 1.165) is 5.56 Å². The molecule has 4 nitrogen and oxygen atoms in total. The fourth-order valence-corrected chi connectivity index (χ4v) is 2.16. The molecular weight excluding hydrogens is 254 g/mol. The highest BCUT2D eigenvalue weighted by molar-refractivity contribution is 6.02. The monoisotopic (exact) mass is 279 g/mol. The Morgan fingerprint density at radius 3 is 2.00 bits per heavy atom. The highest BCUT2D eigenvalue weighted by Gasteiger charge is 2.34. The standard InChI is InChI=1S/C16H25NO3/c1-16(2,15(18)14-8-6-5-7-9-14)17(10-12-19-3)11-13-20-4/h5-9H,10-13H2,1-4H3. The molecule has 20 heavy (non-hydrogen) atoms. The summed E-state index contributed by atoms with van der Waals surface area (Å²) in [4.78, 5) is 14.8. The van der Waals surface area contributed by atoms with Crippen LogP contribution in [0.3, 0.4) is 0 Å². The number of ether oxygens (including phenoxy) is 2. The van der Waals surface area contributed by atoms with Crippen LogP contribution in [0.5, 0.6) is 0 Å². The summed E-state index contributed by atoms with van der Waals surface area (Å²) >= 11 is 0. The molecule has 1 aromatic rings. The van der Waals surface area contributed by atoms with E-state index in [0.29, 0.717) is 26.3 Å². The van der Waals surface area contributed by atoms with E-state index in [9.17, 15) is 4.79 Å². The molecule has 1 rings (SSSR count). The van der Waals surface area contributed by atoms with Crippen LogP contribution in [0.2, 0.25) is 0 Å². The molecule has 0 N–H and O–H groups in total. The summed E-state index contributed by atoms with van der Waals surface area (Å²) in [5, 5.41) is 0. The molecule has 0 fully saturated rings. The molecule has 0 aliphatic carbocycles. The Morgan fingerprint density at radius 1 is 1.05 bits per heavy atom. The summed E-state index contributed by atoms with van der Waals surface area (Å²) in [6.45, 7) is 6.49. The smallest absolute Gasteiger partial charge is 0.182 e. The Morgan fingerprint density at radius 2 is 1.55 bits per heavy atom. The zero-order valence-electron chi connectivity index (χ0n) is 12.9. The van der Waals surface area contributed by atoms with Gasteiger partial charge in [-0.1, -0.05) is 30.3 Å². The number of Topliss-reactive ketones (excluding diaryl/α,β-unsaturated/α-hetero) is 1. The lowest BCUT2D eigenvalue weighted by Gasteiger charge is -2.37. The van der Waals surface area contributed by atoms with Crippen LogP contribution < -0.4 is 0 Å². The average Bonchev–Trinajstić information content (AvgIpc) is 2.47. The van der Waals surface area contributed by atoms with Crippen molar-refractivity contribution in [1.29, 1.82) is 0 Å². The molecule has 0 atom stereocenters. The van der Waals surface area contributed by atoms with Crippen molar-refractivity contribution in [3.8, 4) is 0 Å². The van der Waals surface area contributed by atoms with Gasteiger partial charge >= 0.3 is 0 Å². The lowest BCUT2D eigenvalue weighted by molar-refractivity contribution is 0.0418. The van der Waals surface area contributed by atoms with Crippen LogP contribution in [0.15, 0.2) is 30.3 Å². The second kappa shape index (κ2) is 8.15. The van der Waals surface area contributed by atoms with Gasteiger partial charge in [-0.15, -0.1) is 0 Å². The highest BCUT2D eigenvalue weighted by Crippen LogP contribution is 2.20. The van der Waals surface area contributed by atoms with Gasteiger partial charge in [0.2, 0.25) is 0 Å². The first-order valence-electron chi connectivity index (χ1n) is 6.86. The number of carbonyl (C=O) groups excluding carboxylic acids is 1. The Labute approximate surface area is 121 Å². The van der Waals surface area contributed by atoms with Crippen LogP contribution in [-0.2, 0) is 9.47 Å². The lowest BCUT2D eigenvalue weighted by Crippen LogP contribution is -2.52. The third kappa shape index (κ3) is 4.40. The third-order valence-corrected chi connectivity index (χ3v) is 3.51. The number of methoxy groups -OCH3 is 2. The van der Waals surface area contributed by atoms with Gasteiger partial charge in [-0.3, -0.25) is 9.69 Å². The first-order chi connectivity index (χ1) is 9.54. The number of rotatable bonds is 9. The van der Waals surface area contributed by atoms with Gasteiger partial charge in [-0.25, -0.2) is 0 Å². The first kappa shape index (κ1) is 16.8. The van der Waals surface area contributed by atoms with Gasteiger partial charge in [0.15, 0.2) is 5.78 Å². The summed E-state index contributed by atoms with van der Waals surface area (Å²) in [5.74, 6) is 0.116. The number of benzene rings is 1. The van der Waals surface area contributed by atoms with E-state index in [1.165, 1.54) is 0 Å². The van der Waals surface area contributed by atoms with E-state index in [-0.39, 0.29) is 5.78 Å². The van der Waals surface area contributed by atoms with Crippen molar-refractivity contribution < 1.29 is 14.3 Å². The highest BCUT2D eigenvalue weighted by atomic mass is 16.5. The fourth-order valence-electron chi connectivity index (χ4n) is 2.16. The summed E-state index contributed by atoms with van der Waals surface area (Å²) in [7, 11) is 3.33. The van der Waals surface area contributed by atoms with E-state index in [1.807, 2.05) is 44.2 Å². The maximum absolute atomic E-state index is 12.7. The maximum atomic E-state index is 12.7. The maximum Gasteiger partial charge on any atom is 0.182 e. The Hall–Kier alpha value is -1.23. The number of hydrogen-bond acceptors (Lipinski definition) is 4. The Bertz CT molecular complexity index is 395. The third-order valence-electron chi connectivity index (χ3n) is 3.51. The van der Waals surface area contributed by atoms with E-state index >= 15 is 0 Å². The topological polar surface area (TPSA) is 38.8 Å². The minimum Gasteiger partial charge on any atom is -0.383 e. The largest absolute Gasteiger partial charge is 0.383 e. The molecule has 1 aromatic carbocycles. The summed E-state index contributed by atoms with van der Waals surface area (Å²) in [6.07, 6.45) is 0. The van der Waals surface area contributed by atoms with Crippen LogP contribution in [0, 0.1) is 0 Å². The molecule has 0 radical (unpaired) electrons. The molecule has 0 bridgehead atoms.